The van der Waals surface area contributed by atoms with E-state index >= 15 is 0 Å². The first-order valence-corrected chi connectivity index (χ1v) is 9.08. The van der Waals surface area contributed by atoms with Crippen LogP contribution in [0.25, 0.3) is 10.7 Å². The van der Waals surface area contributed by atoms with Crippen molar-refractivity contribution < 1.29 is 9.53 Å². The predicted molar refractivity (Wildman–Crippen MR) is 99.4 cm³/mol. The van der Waals surface area contributed by atoms with Crippen LogP contribution in [0.2, 0.25) is 0 Å². The van der Waals surface area contributed by atoms with Crippen molar-refractivity contribution in [1.29, 1.82) is 0 Å². The molecule has 4 nitrogen and oxygen atoms in total. The molecule has 0 atom stereocenters. The normalized spacial score (nSPS) is 10.6. The van der Waals surface area contributed by atoms with E-state index in [1.165, 1.54) is 22.5 Å². The summed E-state index contributed by atoms with van der Waals surface area (Å²) >= 11 is 1.53. The van der Waals surface area contributed by atoms with Gasteiger partial charge in [-0.25, -0.2) is 4.98 Å². The summed E-state index contributed by atoms with van der Waals surface area (Å²) < 4.78 is 5.22. The lowest BCUT2D eigenvalue weighted by atomic mass is 10.1. The number of hydrogen-bond acceptors (Lipinski definition) is 5. The lowest BCUT2D eigenvalue weighted by Crippen LogP contribution is -2.01. The van der Waals surface area contributed by atoms with Gasteiger partial charge in [-0.15, -0.1) is 11.3 Å². The molecule has 5 heteroatoms. The first-order chi connectivity index (χ1) is 12.2. The van der Waals surface area contributed by atoms with Crippen molar-refractivity contribution in [2.75, 3.05) is 0 Å². The zero-order valence-electron chi connectivity index (χ0n) is 14.4. The standard InChI is InChI=1S/C20H20N2O2S/c1-3-19(23)24-13-18-14(2)22-20(25-18)17-12-16(9-10-21-17)11-15-7-5-4-6-8-15/h4-10,12H,3,11,13H2,1-2H3. The molecule has 0 radical (unpaired) electrons. The van der Waals surface area contributed by atoms with Gasteiger partial charge in [0.05, 0.1) is 16.3 Å². The van der Waals surface area contributed by atoms with Crippen molar-refractivity contribution in [3.05, 3.63) is 70.4 Å². The van der Waals surface area contributed by atoms with Gasteiger partial charge in [0.15, 0.2) is 0 Å². The molecule has 0 amide bonds. The van der Waals surface area contributed by atoms with Gasteiger partial charge in [-0.1, -0.05) is 37.3 Å². The van der Waals surface area contributed by atoms with E-state index in [2.05, 4.69) is 28.2 Å². The SMILES string of the molecule is CCC(=O)OCc1sc(-c2cc(Cc3ccccc3)ccn2)nc1C. The van der Waals surface area contributed by atoms with Crippen molar-refractivity contribution in [3.8, 4) is 10.7 Å². The molecular formula is C20H20N2O2S. The summed E-state index contributed by atoms with van der Waals surface area (Å²) in [6.07, 6.45) is 3.07. The smallest absolute Gasteiger partial charge is 0.305 e. The van der Waals surface area contributed by atoms with Crippen LogP contribution in [-0.4, -0.2) is 15.9 Å². The van der Waals surface area contributed by atoms with Crippen LogP contribution < -0.4 is 0 Å². The Bertz CT molecular complexity index is 859. The molecule has 1 aromatic carbocycles. The lowest BCUT2D eigenvalue weighted by molar-refractivity contribution is -0.144. The van der Waals surface area contributed by atoms with E-state index < -0.39 is 0 Å². The van der Waals surface area contributed by atoms with E-state index in [1.54, 1.807) is 6.92 Å². The molecule has 0 N–H and O–H groups in total. The minimum atomic E-state index is -0.197. The van der Waals surface area contributed by atoms with Gasteiger partial charge in [0, 0.05) is 12.6 Å². The van der Waals surface area contributed by atoms with E-state index in [0.29, 0.717) is 6.42 Å². The maximum Gasteiger partial charge on any atom is 0.305 e. The fourth-order valence-corrected chi connectivity index (χ4v) is 3.40. The molecule has 3 aromatic rings. The number of ether oxygens (including phenoxy) is 1. The maximum atomic E-state index is 11.3. The number of aryl methyl sites for hydroxylation is 1. The fourth-order valence-electron chi connectivity index (χ4n) is 2.45. The van der Waals surface area contributed by atoms with Gasteiger partial charge in [-0.05, 0) is 36.6 Å². The van der Waals surface area contributed by atoms with Crippen molar-refractivity contribution in [2.45, 2.75) is 33.3 Å². The molecule has 0 fully saturated rings. The molecule has 0 spiro atoms. The third-order valence-electron chi connectivity index (χ3n) is 3.84. The number of pyridine rings is 1. The fraction of sp³-hybridized carbons (Fsp3) is 0.250. The topological polar surface area (TPSA) is 52.1 Å². The average molecular weight is 352 g/mol. The Kier molecular flexibility index (Phi) is 5.56. The number of nitrogens with zero attached hydrogens (tertiary/aromatic N) is 2. The quantitative estimate of drug-likeness (QED) is 0.610. The largest absolute Gasteiger partial charge is 0.460 e. The number of benzene rings is 1. The van der Waals surface area contributed by atoms with Gasteiger partial charge in [0.1, 0.15) is 11.6 Å². The van der Waals surface area contributed by atoms with E-state index in [-0.39, 0.29) is 12.6 Å². The summed E-state index contributed by atoms with van der Waals surface area (Å²) in [4.78, 5) is 21.4. The minimum Gasteiger partial charge on any atom is -0.460 e. The molecule has 0 unspecified atom stereocenters. The Morgan fingerprint density at radius 1 is 1.16 bits per heavy atom. The van der Waals surface area contributed by atoms with Crippen LogP contribution in [0.15, 0.2) is 48.7 Å². The molecule has 0 aliphatic heterocycles. The van der Waals surface area contributed by atoms with Gasteiger partial charge in [-0.2, -0.15) is 0 Å². The highest BCUT2D eigenvalue weighted by Gasteiger charge is 2.12. The zero-order chi connectivity index (χ0) is 17.6. The Balaban J connectivity index is 1.78. The van der Waals surface area contributed by atoms with Crippen LogP contribution in [0.4, 0.5) is 0 Å². The Morgan fingerprint density at radius 3 is 2.72 bits per heavy atom. The second-order valence-electron chi connectivity index (χ2n) is 5.75. The van der Waals surface area contributed by atoms with Crippen LogP contribution >= 0.6 is 11.3 Å². The van der Waals surface area contributed by atoms with Crippen molar-refractivity contribution >= 4 is 17.3 Å². The van der Waals surface area contributed by atoms with Gasteiger partial charge in [-0.3, -0.25) is 9.78 Å². The van der Waals surface area contributed by atoms with Crippen molar-refractivity contribution in [2.24, 2.45) is 0 Å². The van der Waals surface area contributed by atoms with E-state index in [4.69, 9.17) is 4.74 Å². The lowest BCUT2D eigenvalue weighted by Gasteiger charge is -2.03. The number of hydrogen-bond donors (Lipinski definition) is 0. The van der Waals surface area contributed by atoms with Crippen molar-refractivity contribution in [3.63, 3.8) is 0 Å². The number of carbonyl (C=O) groups excluding carboxylic acids is 1. The Hall–Kier alpha value is -2.53. The Morgan fingerprint density at radius 2 is 1.96 bits per heavy atom. The first-order valence-electron chi connectivity index (χ1n) is 8.27. The van der Waals surface area contributed by atoms with Gasteiger partial charge >= 0.3 is 5.97 Å². The second-order valence-corrected chi connectivity index (χ2v) is 6.84. The number of aromatic nitrogens is 2. The summed E-state index contributed by atoms with van der Waals surface area (Å²) in [6, 6.07) is 14.5. The number of rotatable bonds is 6. The summed E-state index contributed by atoms with van der Waals surface area (Å²) in [5, 5.41) is 0.856. The van der Waals surface area contributed by atoms with Gasteiger partial charge < -0.3 is 4.74 Å². The van der Waals surface area contributed by atoms with Crippen LogP contribution in [0.3, 0.4) is 0 Å². The monoisotopic (exact) mass is 352 g/mol. The highest BCUT2D eigenvalue weighted by Crippen LogP contribution is 2.28. The zero-order valence-corrected chi connectivity index (χ0v) is 15.2. The van der Waals surface area contributed by atoms with E-state index in [0.717, 1.165) is 27.7 Å². The second kappa shape index (κ2) is 8.03. The average Bonchev–Trinajstić information content (AvgIpc) is 3.01. The molecule has 2 heterocycles. The summed E-state index contributed by atoms with van der Waals surface area (Å²) in [6.45, 7) is 4.00. The third-order valence-corrected chi connectivity index (χ3v) is 4.99. The molecule has 0 aliphatic carbocycles. The predicted octanol–water partition coefficient (Wildman–Crippen LogP) is 4.56. The summed E-state index contributed by atoms with van der Waals surface area (Å²) in [7, 11) is 0. The summed E-state index contributed by atoms with van der Waals surface area (Å²) in [5.74, 6) is -0.197. The Labute approximate surface area is 151 Å². The molecule has 128 valence electrons. The third kappa shape index (κ3) is 4.51. The number of thiazole rings is 1. The minimum absolute atomic E-state index is 0.197. The number of carbonyl (C=O) groups is 1. The van der Waals surface area contributed by atoms with Crippen LogP contribution in [-0.2, 0) is 22.6 Å². The summed E-state index contributed by atoms with van der Waals surface area (Å²) in [5.41, 5.74) is 4.21. The molecular weight excluding hydrogens is 332 g/mol. The van der Waals surface area contributed by atoms with Crippen LogP contribution in [0.1, 0.15) is 35.0 Å². The van der Waals surface area contributed by atoms with E-state index in [1.807, 2.05) is 37.4 Å². The molecule has 0 saturated carbocycles. The molecule has 0 aliphatic rings. The molecule has 3 rings (SSSR count). The number of esters is 1. The van der Waals surface area contributed by atoms with E-state index in [9.17, 15) is 4.79 Å². The van der Waals surface area contributed by atoms with Crippen molar-refractivity contribution in [1.82, 2.24) is 9.97 Å². The van der Waals surface area contributed by atoms with Crippen LogP contribution in [0, 0.1) is 6.92 Å². The highest BCUT2D eigenvalue weighted by molar-refractivity contribution is 7.15. The first kappa shape index (κ1) is 17.3. The van der Waals surface area contributed by atoms with Gasteiger partial charge in [0.2, 0.25) is 0 Å². The molecule has 25 heavy (non-hydrogen) atoms. The van der Waals surface area contributed by atoms with Crippen LogP contribution in [0.5, 0.6) is 0 Å². The van der Waals surface area contributed by atoms with Gasteiger partial charge in [0.25, 0.3) is 0 Å². The highest BCUT2D eigenvalue weighted by atomic mass is 32.1. The molecule has 0 saturated heterocycles. The molecule has 0 bridgehead atoms. The maximum absolute atomic E-state index is 11.3. The molecule has 2 aromatic heterocycles.